The van der Waals surface area contributed by atoms with E-state index in [2.05, 4.69) is 29.8 Å². The van der Waals surface area contributed by atoms with Crippen LogP contribution in [0, 0.1) is 0 Å². The minimum Gasteiger partial charge on any atom is -0.543 e. The molecule has 196 valence electrons. The molecule has 0 spiro atoms. The number of aromatic nitrogens is 4. The fourth-order valence-electron chi connectivity index (χ4n) is 3.95. The van der Waals surface area contributed by atoms with Crippen LogP contribution >= 0.6 is 23.3 Å². The van der Waals surface area contributed by atoms with Crippen molar-refractivity contribution in [2.45, 2.75) is 18.0 Å². The molecule has 16 heteroatoms. The molecule has 4 N–H and O–H groups in total. The molecule has 0 saturated carbocycles. The summed E-state index contributed by atoms with van der Waals surface area (Å²) in [5.41, 5.74) is 6.58. The van der Waals surface area contributed by atoms with Gasteiger partial charge in [-0.2, -0.15) is 9.36 Å². The highest BCUT2D eigenvalue weighted by Crippen LogP contribution is 2.40. The molecule has 4 heterocycles. The number of H-pyrrole nitrogens is 1. The van der Waals surface area contributed by atoms with Gasteiger partial charge in [-0.1, -0.05) is 11.2 Å². The standard InChI is InChI=1S/C21H25N9O5S2/c1-30(2,8-12-7-23-10-24-12)6-4-5-11-9-36-19-14(18(32)29(19)15(11)20(33)34)25-17(31)13(27-35-3)16-26-21(22)37-28-16/h4-5,7,10,14,19H,6,8-9H2,1-3H3,(H4-,22,23,24,25,26,28,31,33,34)/b5-4+,27-13-/t14-,19+/m1/s1. The Labute approximate surface area is 220 Å². The number of carbonyl (C=O) groups is 3. The Kier molecular flexibility index (Phi) is 7.60. The molecule has 0 unspecified atom stereocenters. The zero-order chi connectivity index (χ0) is 26.7. The third-order valence-corrected chi connectivity index (χ3v) is 7.45. The van der Waals surface area contributed by atoms with Crippen molar-refractivity contribution in [1.82, 2.24) is 29.5 Å². The molecule has 0 aromatic carbocycles. The van der Waals surface area contributed by atoms with Gasteiger partial charge in [0.05, 0.1) is 50.5 Å². The van der Waals surface area contributed by atoms with Gasteiger partial charge in [-0.25, -0.2) is 4.98 Å². The molecule has 4 rings (SSSR count). The average molecular weight is 548 g/mol. The van der Waals surface area contributed by atoms with Crippen LogP contribution in [0.2, 0.25) is 0 Å². The first-order chi connectivity index (χ1) is 17.6. The summed E-state index contributed by atoms with van der Waals surface area (Å²) in [5, 5.41) is 17.7. The number of aromatic amines is 1. The van der Waals surface area contributed by atoms with Crippen LogP contribution in [0.5, 0.6) is 0 Å². The van der Waals surface area contributed by atoms with Gasteiger partial charge in [0, 0.05) is 17.3 Å². The molecular weight excluding hydrogens is 522 g/mol. The van der Waals surface area contributed by atoms with Gasteiger partial charge in [0.15, 0.2) is 5.13 Å². The molecule has 0 bridgehead atoms. The number of rotatable bonds is 10. The highest BCUT2D eigenvalue weighted by molar-refractivity contribution is 8.00. The number of fused-ring (bicyclic) bond motifs is 1. The first-order valence-corrected chi connectivity index (χ1v) is 12.8. The number of likely N-dealkylation sites (N-methyl/N-ethyl adjacent to an activating group) is 1. The quantitative estimate of drug-likeness (QED) is 0.135. The zero-order valence-corrected chi connectivity index (χ0v) is 21.8. The van der Waals surface area contributed by atoms with E-state index in [4.69, 9.17) is 10.6 Å². The second-order valence-corrected chi connectivity index (χ2v) is 10.7. The minimum atomic E-state index is -1.46. The molecule has 2 aliphatic heterocycles. The average Bonchev–Trinajstić information content (AvgIpc) is 3.51. The number of carboxylic acids is 1. The van der Waals surface area contributed by atoms with Gasteiger partial charge in [0.25, 0.3) is 11.8 Å². The molecule has 2 atom stereocenters. The van der Waals surface area contributed by atoms with Crippen LogP contribution in [0.3, 0.4) is 0 Å². The first kappa shape index (κ1) is 26.3. The van der Waals surface area contributed by atoms with Crippen molar-refractivity contribution >= 4 is 51.9 Å². The van der Waals surface area contributed by atoms with Crippen LogP contribution in [0.1, 0.15) is 11.5 Å². The zero-order valence-electron chi connectivity index (χ0n) is 20.2. The lowest BCUT2D eigenvalue weighted by Crippen LogP contribution is -2.71. The number of thioether (sulfide) groups is 1. The summed E-state index contributed by atoms with van der Waals surface area (Å²) in [6.07, 6.45) is 6.96. The molecule has 0 aliphatic carbocycles. The number of nitrogen functional groups attached to an aromatic ring is 1. The number of nitrogens with zero attached hydrogens (tertiary/aromatic N) is 6. The van der Waals surface area contributed by atoms with Crippen molar-refractivity contribution in [2.24, 2.45) is 5.16 Å². The molecule has 1 fully saturated rings. The van der Waals surface area contributed by atoms with Gasteiger partial charge in [0.1, 0.15) is 25.1 Å². The minimum absolute atomic E-state index is 0.0432. The molecule has 2 aromatic rings. The summed E-state index contributed by atoms with van der Waals surface area (Å²) in [7, 11) is 5.32. The van der Waals surface area contributed by atoms with Crippen LogP contribution in [0.15, 0.2) is 41.1 Å². The van der Waals surface area contributed by atoms with Gasteiger partial charge < -0.3 is 35.3 Å². The maximum atomic E-state index is 12.9. The summed E-state index contributed by atoms with van der Waals surface area (Å²) < 4.78 is 4.55. The van der Waals surface area contributed by atoms with E-state index >= 15 is 0 Å². The number of nitrogens with one attached hydrogen (secondary N) is 2. The summed E-state index contributed by atoms with van der Waals surface area (Å²) in [6.45, 7) is 1.32. The van der Waals surface area contributed by atoms with Crippen LogP contribution < -0.4 is 16.2 Å². The van der Waals surface area contributed by atoms with Crippen LogP contribution in [0.25, 0.3) is 0 Å². The number of anilines is 1. The lowest BCUT2D eigenvalue weighted by atomic mass is 10.0. The van der Waals surface area contributed by atoms with Crippen molar-refractivity contribution < 1.29 is 28.8 Å². The molecule has 14 nitrogen and oxygen atoms in total. The number of aliphatic carboxylic acids is 1. The second kappa shape index (κ2) is 10.7. The Morgan fingerprint density at radius 1 is 1.46 bits per heavy atom. The largest absolute Gasteiger partial charge is 0.543 e. The Hall–Kier alpha value is -3.76. The predicted octanol–water partition coefficient (Wildman–Crippen LogP) is -1.57. The number of quaternary nitrogens is 1. The summed E-state index contributed by atoms with van der Waals surface area (Å²) in [6, 6.07) is -0.972. The van der Waals surface area contributed by atoms with Gasteiger partial charge in [-0.15, -0.1) is 11.8 Å². The molecular formula is C21H25N9O5S2. The van der Waals surface area contributed by atoms with Gasteiger partial charge in [-0.05, 0) is 11.6 Å². The third kappa shape index (κ3) is 5.65. The molecule has 0 radical (unpaired) electrons. The van der Waals surface area contributed by atoms with E-state index in [0.717, 1.165) is 22.1 Å². The van der Waals surface area contributed by atoms with E-state index in [1.54, 1.807) is 18.6 Å². The number of hydrogen-bond acceptors (Lipinski definition) is 12. The van der Waals surface area contributed by atoms with Crippen molar-refractivity contribution in [2.75, 3.05) is 39.2 Å². The van der Waals surface area contributed by atoms with E-state index < -0.39 is 29.2 Å². The van der Waals surface area contributed by atoms with Crippen molar-refractivity contribution in [3.05, 3.63) is 47.5 Å². The van der Waals surface area contributed by atoms with Crippen molar-refractivity contribution in [1.29, 1.82) is 0 Å². The highest BCUT2D eigenvalue weighted by Gasteiger charge is 2.53. The van der Waals surface area contributed by atoms with Gasteiger partial charge >= 0.3 is 0 Å². The lowest BCUT2D eigenvalue weighted by molar-refractivity contribution is -0.898. The topological polar surface area (TPSA) is 192 Å². The number of oxime groups is 1. The van der Waals surface area contributed by atoms with Crippen LogP contribution in [-0.2, 0) is 25.8 Å². The maximum absolute atomic E-state index is 12.9. The Balaban J connectivity index is 1.46. The molecule has 2 aromatic heterocycles. The van der Waals surface area contributed by atoms with Gasteiger partial charge in [-0.3, -0.25) is 14.5 Å². The Morgan fingerprint density at radius 2 is 2.24 bits per heavy atom. The number of carbonyl (C=O) groups excluding carboxylic acids is 3. The summed E-state index contributed by atoms with van der Waals surface area (Å²) in [4.78, 5) is 54.6. The third-order valence-electron chi connectivity index (χ3n) is 5.60. The number of amides is 2. The number of imidazole rings is 1. The fraction of sp³-hybridized carbons (Fsp3) is 0.381. The molecule has 37 heavy (non-hydrogen) atoms. The van der Waals surface area contributed by atoms with Crippen molar-refractivity contribution in [3.63, 3.8) is 0 Å². The number of hydrogen-bond donors (Lipinski definition) is 3. The predicted molar refractivity (Wildman–Crippen MR) is 133 cm³/mol. The second-order valence-electron chi connectivity index (χ2n) is 8.86. The summed E-state index contributed by atoms with van der Waals surface area (Å²) in [5.74, 6) is -2.51. The number of nitrogens with two attached hydrogens (primary N) is 1. The van der Waals surface area contributed by atoms with E-state index in [1.165, 1.54) is 18.9 Å². The molecule has 1 saturated heterocycles. The first-order valence-electron chi connectivity index (χ1n) is 11.0. The maximum Gasteiger partial charge on any atom is 0.278 e. The Morgan fingerprint density at radius 3 is 2.86 bits per heavy atom. The normalized spacial score (nSPS) is 20.1. The number of β-lactam (4-membered cyclic amide) rings is 1. The lowest BCUT2D eigenvalue weighted by Gasteiger charge is -2.50. The van der Waals surface area contributed by atoms with Crippen LogP contribution in [0.4, 0.5) is 5.13 Å². The Bertz CT molecular complexity index is 1290. The smallest absolute Gasteiger partial charge is 0.278 e. The fourth-order valence-corrected chi connectivity index (χ4v) is 5.71. The molecule has 2 amide bonds. The van der Waals surface area contributed by atoms with E-state index in [1.807, 2.05) is 20.2 Å². The van der Waals surface area contributed by atoms with E-state index in [9.17, 15) is 19.5 Å². The number of allylic oxidation sites excluding steroid dienone is 1. The van der Waals surface area contributed by atoms with Crippen LogP contribution in [-0.4, -0.2) is 97.1 Å². The highest BCUT2D eigenvalue weighted by atomic mass is 32.2. The monoisotopic (exact) mass is 547 g/mol. The van der Waals surface area contributed by atoms with E-state index in [0.29, 0.717) is 28.9 Å². The molecule has 2 aliphatic rings. The van der Waals surface area contributed by atoms with E-state index in [-0.39, 0.29) is 22.4 Å². The SMILES string of the molecule is CO/N=C(\C(=O)N[C@@H]1C(=O)N2C(C(=O)[O-])=C(/C=C/C[N+](C)(C)Cc3cnc[nH]3)CS[C@@H]12)c1nsc(N)n1. The van der Waals surface area contributed by atoms with Gasteiger partial charge in [0.2, 0.25) is 11.5 Å². The summed E-state index contributed by atoms with van der Waals surface area (Å²) >= 11 is 2.21. The van der Waals surface area contributed by atoms with Crippen molar-refractivity contribution in [3.8, 4) is 0 Å². The number of carboxylic acid groups (broad SMARTS) is 1.